The van der Waals surface area contributed by atoms with Gasteiger partial charge in [-0.05, 0) is 6.08 Å². The second-order valence-electron chi connectivity index (χ2n) is 3.04. The molecule has 3 heteroatoms. The standard InChI is InChI=1S/C8H14N2O/c1-10(2)4-3-8(11)7-5-9-6-7/h3-4,7,9H,5-6H2,1-2H3/b4-3+. The van der Waals surface area contributed by atoms with E-state index in [0.717, 1.165) is 13.1 Å². The van der Waals surface area contributed by atoms with Gasteiger partial charge >= 0.3 is 0 Å². The first-order valence-corrected chi connectivity index (χ1v) is 3.79. The summed E-state index contributed by atoms with van der Waals surface area (Å²) in [6.07, 6.45) is 3.44. The van der Waals surface area contributed by atoms with Crippen molar-refractivity contribution in [3.63, 3.8) is 0 Å². The zero-order chi connectivity index (χ0) is 8.27. The molecule has 0 saturated carbocycles. The van der Waals surface area contributed by atoms with Gasteiger partial charge < -0.3 is 10.2 Å². The summed E-state index contributed by atoms with van der Waals surface area (Å²) in [5.74, 6) is 0.462. The SMILES string of the molecule is CN(C)/C=C/C(=O)C1CNC1. The Balaban J connectivity index is 2.30. The lowest BCUT2D eigenvalue weighted by molar-refractivity contribution is -0.119. The van der Waals surface area contributed by atoms with Crippen LogP contribution in [-0.2, 0) is 4.79 Å². The van der Waals surface area contributed by atoms with Crippen molar-refractivity contribution in [3.8, 4) is 0 Å². The number of rotatable bonds is 3. The Bertz CT molecular complexity index is 171. The fourth-order valence-electron chi connectivity index (χ4n) is 0.848. The maximum absolute atomic E-state index is 11.2. The Hall–Kier alpha value is -0.830. The molecule has 0 bridgehead atoms. The van der Waals surface area contributed by atoms with Crippen LogP contribution in [0.15, 0.2) is 12.3 Å². The normalized spacial score (nSPS) is 18.4. The molecule has 1 saturated heterocycles. The largest absolute Gasteiger partial charge is 0.383 e. The van der Waals surface area contributed by atoms with E-state index in [1.54, 1.807) is 12.3 Å². The first kappa shape index (κ1) is 8.27. The summed E-state index contributed by atoms with van der Waals surface area (Å²) in [6.45, 7) is 1.69. The molecule has 0 aliphatic carbocycles. The number of hydrogen-bond acceptors (Lipinski definition) is 3. The van der Waals surface area contributed by atoms with Crippen LogP contribution >= 0.6 is 0 Å². The third-order valence-electron chi connectivity index (χ3n) is 1.72. The van der Waals surface area contributed by atoms with E-state index in [1.807, 2.05) is 19.0 Å². The molecule has 3 nitrogen and oxygen atoms in total. The van der Waals surface area contributed by atoms with Gasteiger partial charge in [-0.25, -0.2) is 0 Å². The van der Waals surface area contributed by atoms with E-state index in [9.17, 15) is 4.79 Å². The van der Waals surface area contributed by atoms with E-state index < -0.39 is 0 Å². The van der Waals surface area contributed by atoms with E-state index in [-0.39, 0.29) is 11.7 Å². The molecule has 0 radical (unpaired) electrons. The van der Waals surface area contributed by atoms with Crippen molar-refractivity contribution in [1.29, 1.82) is 0 Å². The second-order valence-corrected chi connectivity index (χ2v) is 3.04. The van der Waals surface area contributed by atoms with Crippen molar-refractivity contribution in [3.05, 3.63) is 12.3 Å². The number of ketones is 1. The summed E-state index contributed by atoms with van der Waals surface area (Å²) >= 11 is 0. The number of nitrogens with one attached hydrogen (secondary N) is 1. The van der Waals surface area contributed by atoms with Crippen molar-refractivity contribution >= 4 is 5.78 Å². The smallest absolute Gasteiger partial charge is 0.162 e. The van der Waals surface area contributed by atoms with Crippen LogP contribution in [0.2, 0.25) is 0 Å². The minimum Gasteiger partial charge on any atom is -0.383 e. The van der Waals surface area contributed by atoms with Crippen LogP contribution in [0, 0.1) is 5.92 Å². The molecule has 0 aromatic carbocycles. The summed E-state index contributed by atoms with van der Waals surface area (Å²) in [7, 11) is 3.81. The van der Waals surface area contributed by atoms with Gasteiger partial charge in [-0.3, -0.25) is 4.79 Å². The van der Waals surface area contributed by atoms with Gasteiger partial charge in [0.2, 0.25) is 0 Å². The molecule has 1 N–H and O–H groups in total. The zero-order valence-electron chi connectivity index (χ0n) is 7.00. The topological polar surface area (TPSA) is 32.3 Å². The molecule has 11 heavy (non-hydrogen) atoms. The maximum Gasteiger partial charge on any atom is 0.162 e. The fourth-order valence-corrected chi connectivity index (χ4v) is 0.848. The lowest BCUT2D eigenvalue weighted by Crippen LogP contribution is -2.46. The van der Waals surface area contributed by atoms with Gasteiger partial charge in [-0.1, -0.05) is 0 Å². The first-order chi connectivity index (χ1) is 5.20. The first-order valence-electron chi connectivity index (χ1n) is 3.79. The van der Waals surface area contributed by atoms with Gasteiger partial charge in [0.05, 0.1) is 0 Å². The van der Waals surface area contributed by atoms with Crippen molar-refractivity contribution in [2.75, 3.05) is 27.2 Å². The Morgan fingerprint density at radius 1 is 1.55 bits per heavy atom. The van der Waals surface area contributed by atoms with Crippen molar-refractivity contribution in [2.24, 2.45) is 5.92 Å². The molecule has 0 unspecified atom stereocenters. The highest BCUT2D eigenvalue weighted by atomic mass is 16.1. The molecule has 1 rings (SSSR count). The monoisotopic (exact) mass is 154 g/mol. The summed E-state index contributed by atoms with van der Waals surface area (Å²) in [4.78, 5) is 13.0. The Morgan fingerprint density at radius 2 is 2.18 bits per heavy atom. The zero-order valence-corrected chi connectivity index (χ0v) is 7.00. The van der Waals surface area contributed by atoms with Crippen LogP contribution in [0.4, 0.5) is 0 Å². The third-order valence-corrected chi connectivity index (χ3v) is 1.72. The molecular formula is C8H14N2O. The molecule has 1 heterocycles. The minimum atomic E-state index is 0.228. The van der Waals surface area contributed by atoms with E-state index in [4.69, 9.17) is 0 Å². The van der Waals surface area contributed by atoms with E-state index >= 15 is 0 Å². The van der Waals surface area contributed by atoms with Crippen molar-refractivity contribution in [1.82, 2.24) is 10.2 Å². The number of hydrogen-bond donors (Lipinski definition) is 1. The molecule has 1 fully saturated rings. The van der Waals surface area contributed by atoms with Crippen molar-refractivity contribution < 1.29 is 4.79 Å². The molecule has 0 atom stereocenters. The van der Waals surface area contributed by atoms with Crippen LogP contribution in [0.1, 0.15) is 0 Å². The molecule has 62 valence electrons. The maximum atomic E-state index is 11.2. The Labute approximate surface area is 67.1 Å². The molecule has 0 spiro atoms. The summed E-state index contributed by atoms with van der Waals surface area (Å²) < 4.78 is 0. The molecular weight excluding hydrogens is 140 g/mol. The Kier molecular flexibility index (Phi) is 2.65. The number of nitrogens with zero attached hydrogens (tertiary/aromatic N) is 1. The number of carbonyl (C=O) groups excluding carboxylic acids is 1. The average molecular weight is 154 g/mol. The van der Waals surface area contributed by atoms with Crippen LogP contribution in [0.3, 0.4) is 0 Å². The minimum absolute atomic E-state index is 0.228. The lowest BCUT2D eigenvalue weighted by atomic mass is 9.98. The molecule has 1 aliphatic heterocycles. The third kappa shape index (κ3) is 2.35. The highest BCUT2D eigenvalue weighted by Crippen LogP contribution is 2.04. The lowest BCUT2D eigenvalue weighted by Gasteiger charge is -2.24. The van der Waals surface area contributed by atoms with Crippen LogP contribution < -0.4 is 5.32 Å². The van der Waals surface area contributed by atoms with Crippen LogP contribution in [0.25, 0.3) is 0 Å². The van der Waals surface area contributed by atoms with Crippen LogP contribution in [-0.4, -0.2) is 37.9 Å². The van der Waals surface area contributed by atoms with Crippen molar-refractivity contribution in [2.45, 2.75) is 0 Å². The van der Waals surface area contributed by atoms with Crippen LogP contribution in [0.5, 0.6) is 0 Å². The van der Waals surface area contributed by atoms with E-state index in [2.05, 4.69) is 5.32 Å². The van der Waals surface area contributed by atoms with Gasteiger partial charge in [-0.2, -0.15) is 0 Å². The quantitative estimate of drug-likeness (QED) is 0.574. The average Bonchev–Trinajstić information content (AvgIpc) is 1.79. The summed E-state index contributed by atoms with van der Waals surface area (Å²) in [5.41, 5.74) is 0. The van der Waals surface area contributed by atoms with E-state index in [0.29, 0.717) is 0 Å². The molecule has 0 aromatic rings. The number of allylic oxidation sites excluding steroid dienone is 1. The predicted octanol–water partition coefficient (Wildman–Crippen LogP) is -0.150. The fraction of sp³-hybridized carbons (Fsp3) is 0.625. The highest BCUT2D eigenvalue weighted by Gasteiger charge is 2.22. The van der Waals surface area contributed by atoms with Gasteiger partial charge in [-0.15, -0.1) is 0 Å². The molecule has 0 amide bonds. The second kappa shape index (κ2) is 3.53. The Morgan fingerprint density at radius 3 is 2.55 bits per heavy atom. The molecule has 0 aromatic heterocycles. The summed E-state index contributed by atoms with van der Waals surface area (Å²) in [5, 5.41) is 3.06. The van der Waals surface area contributed by atoms with Gasteiger partial charge in [0.25, 0.3) is 0 Å². The summed E-state index contributed by atoms with van der Waals surface area (Å²) in [6, 6.07) is 0. The predicted molar refractivity (Wildman–Crippen MR) is 44.2 cm³/mol. The van der Waals surface area contributed by atoms with Gasteiger partial charge in [0.15, 0.2) is 5.78 Å². The van der Waals surface area contributed by atoms with Gasteiger partial charge in [0, 0.05) is 39.3 Å². The molecule has 1 aliphatic rings. The number of carbonyl (C=O) groups is 1. The van der Waals surface area contributed by atoms with E-state index in [1.165, 1.54) is 0 Å². The highest BCUT2D eigenvalue weighted by molar-refractivity contribution is 5.92. The van der Waals surface area contributed by atoms with Gasteiger partial charge in [0.1, 0.15) is 0 Å².